The molecule has 1 amide bonds. The first-order valence-corrected chi connectivity index (χ1v) is 10.8. The Hall–Kier alpha value is -2.80. The van der Waals surface area contributed by atoms with Crippen LogP contribution in [0, 0.1) is 17.2 Å². The van der Waals surface area contributed by atoms with Gasteiger partial charge in [0.25, 0.3) is 0 Å². The molecule has 7 heteroatoms. The fourth-order valence-electron chi connectivity index (χ4n) is 4.59. The van der Waals surface area contributed by atoms with Crippen LogP contribution < -0.4 is 5.73 Å². The molecule has 2 aromatic heterocycles. The van der Waals surface area contributed by atoms with Gasteiger partial charge in [0, 0.05) is 61.3 Å². The van der Waals surface area contributed by atoms with Gasteiger partial charge >= 0.3 is 0 Å². The van der Waals surface area contributed by atoms with Crippen molar-refractivity contribution in [2.75, 3.05) is 31.9 Å². The Morgan fingerprint density at radius 3 is 2.47 bits per heavy atom. The van der Waals surface area contributed by atoms with Gasteiger partial charge in [-0.2, -0.15) is 0 Å². The average Bonchev–Trinajstić information content (AvgIpc) is 2.79. The molecule has 2 aliphatic heterocycles. The quantitative estimate of drug-likeness (QED) is 0.744. The fourth-order valence-corrected chi connectivity index (χ4v) is 4.59. The van der Waals surface area contributed by atoms with Gasteiger partial charge in [-0.15, -0.1) is 0 Å². The number of hydrogen-bond acceptors (Lipinski definition) is 6. The molecule has 30 heavy (non-hydrogen) atoms. The van der Waals surface area contributed by atoms with Gasteiger partial charge in [0.15, 0.2) is 0 Å². The Bertz CT molecular complexity index is 870. The van der Waals surface area contributed by atoms with E-state index in [0.29, 0.717) is 17.4 Å². The first-order chi connectivity index (χ1) is 14.6. The standard InChI is InChI=1S/C23H30N6O/c24-21-14-17(3-9-27-21)16-28-10-4-19(5-11-28)23(30)29-12-6-18(7-13-29)22(25)20-2-1-8-26-15-20/h1-3,8-9,14-15,18-19,25H,4-7,10-13,16H2,(H2,24,27). The lowest BCUT2D eigenvalue weighted by Crippen LogP contribution is -2.46. The Labute approximate surface area is 177 Å². The number of likely N-dealkylation sites (tertiary alicyclic amines) is 2. The van der Waals surface area contributed by atoms with E-state index >= 15 is 0 Å². The van der Waals surface area contributed by atoms with Gasteiger partial charge in [0.05, 0.1) is 0 Å². The number of pyridine rings is 2. The molecule has 2 aromatic rings. The van der Waals surface area contributed by atoms with E-state index in [-0.39, 0.29) is 11.8 Å². The summed E-state index contributed by atoms with van der Waals surface area (Å²) in [7, 11) is 0. The van der Waals surface area contributed by atoms with Crippen molar-refractivity contribution >= 4 is 17.4 Å². The van der Waals surface area contributed by atoms with E-state index in [1.165, 1.54) is 5.56 Å². The number of piperidine rings is 2. The molecule has 4 heterocycles. The SMILES string of the molecule is N=C(c1cccnc1)C1CCN(C(=O)C2CCN(Cc3ccnc(N)c3)CC2)CC1. The van der Waals surface area contributed by atoms with Crippen LogP contribution in [0.5, 0.6) is 0 Å². The fraction of sp³-hybridized carbons (Fsp3) is 0.478. The molecule has 0 aromatic carbocycles. The molecular weight excluding hydrogens is 376 g/mol. The van der Waals surface area contributed by atoms with Crippen LogP contribution in [-0.2, 0) is 11.3 Å². The minimum Gasteiger partial charge on any atom is -0.384 e. The summed E-state index contributed by atoms with van der Waals surface area (Å²) >= 11 is 0. The van der Waals surface area contributed by atoms with Gasteiger partial charge in [-0.25, -0.2) is 4.98 Å². The molecule has 0 saturated carbocycles. The predicted octanol–water partition coefficient (Wildman–Crippen LogP) is 2.58. The third kappa shape index (κ3) is 4.84. The summed E-state index contributed by atoms with van der Waals surface area (Å²) < 4.78 is 0. The summed E-state index contributed by atoms with van der Waals surface area (Å²) in [5, 5.41) is 8.46. The lowest BCUT2D eigenvalue weighted by atomic mass is 9.87. The van der Waals surface area contributed by atoms with Crippen molar-refractivity contribution in [3.8, 4) is 0 Å². The van der Waals surface area contributed by atoms with E-state index in [4.69, 9.17) is 11.1 Å². The maximum Gasteiger partial charge on any atom is 0.225 e. The third-order valence-corrected chi connectivity index (χ3v) is 6.38. The Balaban J connectivity index is 1.24. The van der Waals surface area contributed by atoms with Crippen LogP contribution in [0.1, 0.15) is 36.8 Å². The van der Waals surface area contributed by atoms with E-state index in [1.807, 2.05) is 29.2 Å². The van der Waals surface area contributed by atoms with Crippen LogP contribution in [-0.4, -0.2) is 57.6 Å². The van der Waals surface area contributed by atoms with E-state index in [9.17, 15) is 4.79 Å². The van der Waals surface area contributed by atoms with Crippen molar-refractivity contribution in [1.29, 1.82) is 5.41 Å². The summed E-state index contributed by atoms with van der Waals surface area (Å²) in [6.45, 7) is 4.22. The van der Waals surface area contributed by atoms with Crippen LogP contribution >= 0.6 is 0 Å². The van der Waals surface area contributed by atoms with Crippen LogP contribution in [0.4, 0.5) is 5.82 Å². The molecule has 0 aliphatic carbocycles. The minimum atomic E-state index is 0.123. The van der Waals surface area contributed by atoms with Crippen molar-refractivity contribution in [3.05, 3.63) is 54.0 Å². The number of amides is 1. The summed E-state index contributed by atoms with van der Waals surface area (Å²) in [6.07, 6.45) is 8.78. The topological polar surface area (TPSA) is 99.2 Å². The normalized spacial score (nSPS) is 19.0. The molecule has 7 nitrogen and oxygen atoms in total. The number of carbonyl (C=O) groups excluding carboxylic acids is 1. The number of anilines is 1. The molecule has 3 N–H and O–H groups in total. The van der Waals surface area contributed by atoms with Crippen LogP contribution in [0.2, 0.25) is 0 Å². The number of hydrogen-bond donors (Lipinski definition) is 2. The molecule has 0 atom stereocenters. The second-order valence-electron chi connectivity index (χ2n) is 8.39. The molecule has 0 bridgehead atoms. The molecule has 0 unspecified atom stereocenters. The third-order valence-electron chi connectivity index (χ3n) is 6.38. The number of carbonyl (C=O) groups is 1. The van der Waals surface area contributed by atoms with Crippen LogP contribution in [0.3, 0.4) is 0 Å². The molecule has 158 valence electrons. The number of nitrogens with two attached hydrogens (primary N) is 1. The molecule has 2 fully saturated rings. The largest absolute Gasteiger partial charge is 0.384 e. The number of rotatable bonds is 5. The molecule has 0 radical (unpaired) electrons. The van der Waals surface area contributed by atoms with Gasteiger partial charge in [-0.3, -0.25) is 14.7 Å². The molecule has 2 aliphatic rings. The Morgan fingerprint density at radius 2 is 1.80 bits per heavy atom. The monoisotopic (exact) mass is 406 g/mol. The Kier molecular flexibility index (Phi) is 6.38. The highest BCUT2D eigenvalue weighted by molar-refractivity contribution is 5.99. The zero-order valence-corrected chi connectivity index (χ0v) is 17.3. The van der Waals surface area contributed by atoms with Crippen LogP contribution in [0.25, 0.3) is 0 Å². The number of nitrogen functional groups attached to an aromatic ring is 1. The summed E-state index contributed by atoms with van der Waals surface area (Å²) in [5.41, 5.74) is 8.49. The van der Waals surface area contributed by atoms with E-state index < -0.39 is 0 Å². The molecule has 4 rings (SSSR count). The van der Waals surface area contributed by atoms with Crippen molar-refractivity contribution in [1.82, 2.24) is 19.8 Å². The highest BCUT2D eigenvalue weighted by Crippen LogP contribution is 2.26. The van der Waals surface area contributed by atoms with Gasteiger partial charge in [-0.1, -0.05) is 6.07 Å². The first kappa shape index (κ1) is 20.5. The number of aromatic nitrogens is 2. The average molecular weight is 407 g/mol. The maximum atomic E-state index is 13.0. The lowest BCUT2D eigenvalue weighted by Gasteiger charge is -2.37. The van der Waals surface area contributed by atoms with Gasteiger partial charge < -0.3 is 16.0 Å². The summed E-state index contributed by atoms with van der Waals surface area (Å²) in [5.74, 6) is 1.19. The van der Waals surface area contributed by atoms with Crippen LogP contribution in [0.15, 0.2) is 42.9 Å². The molecule has 2 saturated heterocycles. The molecular formula is C23H30N6O. The van der Waals surface area contributed by atoms with Crippen molar-refractivity contribution < 1.29 is 4.79 Å². The van der Waals surface area contributed by atoms with Gasteiger partial charge in [0.1, 0.15) is 5.82 Å². The van der Waals surface area contributed by atoms with Crippen molar-refractivity contribution in [3.63, 3.8) is 0 Å². The van der Waals surface area contributed by atoms with Crippen molar-refractivity contribution in [2.24, 2.45) is 11.8 Å². The number of nitrogens with one attached hydrogen (secondary N) is 1. The smallest absolute Gasteiger partial charge is 0.225 e. The van der Waals surface area contributed by atoms with Gasteiger partial charge in [0.2, 0.25) is 5.91 Å². The predicted molar refractivity (Wildman–Crippen MR) is 117 cm³/mol. The second-order valence-corrected chi connectivity index (χ2v) is 8.39. The zero-order chi connectivity index (χ0) is 20.9. The summed E-state index contributed by atoms with van der Waals surface area (Å²) in [6, 6.07) is 7.74. The molecule has 0 spiro atoms. The second kappa shape index (κ2) is 9.34. The highest BCUT2D eigenvalue weighted by atomic mass is 16.2. The maximum absolute atomic E-state index is 13.0. The minimum absolute atomic E-state index is 0.123. The van der Waals surface area contributed by atoms with E-state index in [0.717, 1.165) is 64.0 Å². The van der Waals surface area contributed by atoms with Crippen molar-refractivity contribution in [2.45, 2.75) is 32.2 Å². The van der Waals surface area contributed by atoms with Gasteiger partial charge in [-0.05, 0) is 62.5 Å². The highest BCUT2D eigenvalue weighted by Gasteiger charge is 2.32. The lowest BCUT2D eigenvalue weighted by molar-refractivity contribution is -0.138. The van der Waals surface area contributed by atoms with E-state index in [2.05, 4.69) is 14.9 Å². The zero-order valence-electron chi connectivity index (χ0n) is 17.3. The number of nitrogens with zero attached hydrogens (tertiary/aromatic N) is 4. The first-order valence-electron chi connectivity index (χ1n) is 10.8. The van der Waals surface area contributed by atoms with E-state index in [1.54, 1.807) is 18.6 Å². The Morgan fingerprint density at radius 1 is 1.07 bits per heavy atom. The summed E-state index contributed by atoms with van der Waals surface area (Å²) in [4.78, 5) is 25.6.